The van der Waals surface area contributed by atoms with Crippen LogP contribution in [0.25, 0.3) is 0 Å². The van der Waals surface area contributed by atoms with Gasteiger partial charge in [-0.3, -0.25) is 0 Å². The number of esters is 1. The van der Waals surface area contributed by atoms with E-state index in [9.17, 15) is 4.79 Å². The fraction of sp³-hybridized carbons (Fsp3) is 0.545. The third kappa shape index (κ3) is 8.86. The van der Waals surface area contributed by atoms with Gasteiger partial charge in [-0.25, -0.2) is 4.79 Å². The summed E-state index contributed by atoms with van der Waals surface area (Å²) < 4.78 is 4.44. The predicted octanol–water partition coefficient (Wildman–Crippen LogP) is 2.85. The summed E-state index contributed by atoms with van der Waals surface area (Å²) in [7, 11) is 1.37. The van der Waals surface area contributed by atoms with E-state index in [0.29, 0.717) is 0 Å². The number of rotatable bonds is 6. The van der Waals surface area contributed by atoms with Gasteiger partial charge in [-0.1, -0.05) is 38.0 Å². The molecule has 0 heterocycles. The number of hydrogen-bond donors (Lipinski definition) is 0. The lowest BCUT2D eigenvalue weighted by molar-refractivity contribution is -0.134. The molecule has 0 radical (unpaired) electrons. The van der Waals surface area contributed by atoms with Gasteiger partial charge in [0.25, 0.3) is 0 Å². The summed E-state index contributed by atoms with van der Waals surface area (Å²) in [6.45, 7) is 2.18. The monoisotopic (exact) mass is 182 g/mol. The number of carbonyl (C=O) groups is 1. The molecule has 0 aliphatic heterocycles. The highest BCUT2D eigenvalue weighted by Crippen LogP contribution is 1.99. The summed E-state index contributed by atoms with van der Waals surface area (Å²) >= 11 is 0. The third-order valence-corrected chi connectivity index (χ3v) is 1.66. The van der Waals surface area contributed by atoms with E-state index in [2.05, 4.69) is 17.7 Å². The third-order valence-electron chi connectivity index (χ3n) is 1.66. The minimum atomic E-state index is -0.307. The molecule has 0 aromatic rings. The lowest BCUT2D eigenvalue weighted by Crippen LogP contribution is -1.92. The molecule has 0 bridgehead atoms. The highest BCUT2D eigenvalue weighted by atomic mass is 16.5. The molecule has 0 N–H and O–H groups in total. The Morgan fingerprint density at radius 3 is 2.69 bits per heavy atom. The normalized spacial score (nSPS) is 11.2. The van der Waals surface area contributed by atoms with E-state index < -0.39 is 0 Å². The van der Waals surface area contributed by atoms with Gasteiger partial charge in [0, 0.05) is 6.08 Å². The van der Waals surface area contributed by atoms with Gasteiger partial charge in [0.15, 0.2) is 0 Å². The van der Waals surface area contributed by atoms with Crippen molar-refractivity contribution >= 4 is 5.97 Å². The number of unbranched alkanes of at least 4 members (excludes halogenated alkanes) is 3. The summed E-state index contributed by atoms with van der Waals surface area (Å²) in [6.07, 6.45) is 11.9. The van der Waals surface area contributed by atoms with Crippen molar-refractivity contribution in [3.63, 3.8) is 0 Å². The molecule has 0 fully saturated rings. The molecule has 0 amide bonds. The first-order chi connectivity index (χ1) is 6.31. The van der Waals surface area contributed by atoms with Crippen LogP contribution in [0.1, 0.15) is 32.6 Å². The van der Waals surface area contributed by atoms with Crippen LogP contribution in [0.5, 0.6) is 0 Å². The fourth-order valence-electron chi connectivity index (χ4n) is 0.889. The molecule has 2 heteroatoms. The topological polar surface area (TPSA) is 26.3 Å². The second-order valence-electron chi connectivity index (χ2n) is 2.81. The van der Waals surface area contributed by atoms with Crippen molar-refractivity contribution in [1.29, 1.82) is 0 Å². The van der Waals surface area contributed by atoms with Crippen molar-refractivity contribution in [1.82, 2.24) is 0 Å². The van der Waals surface area contributed by atoms with E-state index in [1.807, 2.05) is 6.08 Å². The summed E-state index contributed by atoms with van der Waals surface area (Å²) in [5, 5.41) is 0. The van der Waals surface area contributed by atoms with Crippen molar-refractivity contribution in [3.8, 4) is 0 Å². The molecule has 0 rings (SSSR count). The first kappa shape index (κ1) is 11.9. The summed E-state index contributed by atoms with van der Waals surface area (Å²) in [5.74, 6) is -0.307. The molecule has 2 nitrogen and oxygen atoms in total. The molecule has 0 saturated carbocycles. The van der Waals surface area contributed by atoms with E-state index in [-0.39, 0.29) is 5.97 Å². The Morgan fingerprint density at radius 1 is 1.31 bits per heavy atom. The zero-order valence-electron chi connectivity index (χ0n) is 8.45. The van der Waals surface area contributed by atoms with Crippen LogP contribution in [0.3, 0.4) is 0 Å². The number of ether oxygens (including phenoxy) is 1. The zero-order valence-corrected chi connectivity index (χ0v) is 8.45. The Kier molecular flexibility index (Phi) is 8.31. The van der Waals surface area contributed by atoms with Gasteiger partial charge in [0.05, 0.1) is 7.11 Å². The van der Waals surface area contributed by atoms with Gasteiger partial charge < -0.3 is 4.74 Å². The quantitative estimate of drug-likeness (QED) is 0.273. The van der Waals surface area contributed by atoms with Crippen LogP contribution in [-0.4, -0.2) is 13.1 Å². The molecule has 13 heavy (non-hydrogen) atoms. The maximum atomic E-state index is 10.6. The second-order valence-corrected chi connectivity index (χ2v) is 2.81. The number of methoxy groups -OCH3 is 1. The van der Waals surface area contributed by atoms with Crippen molar-refractivity contribution in [2.45, 2.75) is 32.6 Å². The minimum absolute atomic E-state index is 0.307. The second kappa shape index (κ2) is 9.04. The molecule has 0 spiro atoms. The van der Waals surface area contributed by atoms with Gasteiger partial charge in [-0.15, -0.1) is 0 Å². The average Bonchev–Trinajstić information content (AvgIpc) is 2.16. The van der Waals surface area contributed by atoms with Crippen molar-refractivity contribution in [2.75, 3.05) is 7.11 Å². The van der Waals surface area contributed by atoms with E-state index in [1.54, 1.807) is 6.08 Å². The fourth-order valence-corrected chi connectivity index (χ4v) is 0.889. The van der Waals surface area contributed by atoms with Crippen LogP contribution in [0, 0.1) is 0 Å². The Labute approximate surface area is 80.3 Å². The molecule has 0 aliphatic rings. The smallest absolute Gasteiger partial charge is 0.330 e. The van der Waals surface area contributed by atoms with Crippen LogP contribution in [0.2, 0.25) is 0 Å². The van der Waals surface area contributed by atoms with E-state index in [1.165, 1.54) is 32.4 Å². The average molecular weight is 182 g/mol. The van der Waals surface area contributed by atoms with Gasteiger partial charge in [-0.2, -0.15) is 0 Å². The maximum Gasteiger partial charge on any atom is 0.330 e. The van der Waals surface area contributed by atoms with Crippen LogP contribution in [-0.2, 0) is 9.53 Å². The van der Waals surface area contributed by atoms with Gasteiger partial charge in [0.2, 0.25) is 0 Å². The molecule has 0 aliphatic carbocycles. The Hall–Kier alpha value is -1.05. The van der Waals surface area contributed by atoms with Crippen LogP contribution >= 0.6 is 0 Å². The largest absolute Gasteiger partial charge is 0.466 e. The van der Waals surface area contributed by atoms with Gasteiger partial charge >= 0.3 is 5.97 Å². The molecule has 0 atom stereocenters. The van der Waals surface area contributed by atoms with E-state index >= 15 is 0 Å². The van der Waals surface area contributed by atoms with Crippen molar-refractivity contribution in [3.05, 3.63) is 24.3 Å². The Bertz CT molecular complexity index is 181. The maximum absolute atomic E-state index is 10.6. The highest BCUT2D eigenvalue weighted by molar-refractivity contribution is 5.82. The molecular formula is C11H18O2. The molecule has 0 aromatic carbocycles. The van der Waals surface area contributed by atoms with Crippen LogP contribution < -0.4 is 0 Å². The highest BCUT2D eigenvalue weighted by Gasteiger charge is 1.86. The van der Waals surface area contributed by atoms with E-state index in [4.69, 9.17) is 0 Å². The molecule has 0 saturated heterocycles. The molecule has 0 aromatic heterocycles. The lowest BCUT2D eigenvalue weighted by Gasteiger charge is -1.90. The predicted molar refractivity (Wildman–Crippen MR) is 54.4 cm³/mol. The molecule has 0 unspecified atom stereocenters. The SMILES string of the molecule is CCCCC/C=C\C=C\C(=O)OC. The van der Waals surface area contributed by atoms with Crippen LogP contribution in [0.15, 0.2) is 24.3 Å². The lowest BCUT2D eigenvalue weighted by atomic mass is 10.2. The Morgan fingerprint density at radius 2 is 2.08 bits per heavy atom. The van der Waals surface area contributed by atoms with Crippen LogP contribution in [0.4, 0.5) is 0 Å². The molecule has 74 valence electrons. The number of carbonyl (C=O) groups excluding carboxylic acids is 1. The number of hydrogen-bond acceptors (Lipinski definition) is 2. The van der Waals surface area contributed by atoms with Gasteiger partial charge in [-0.05, 0) is 12.8 Å². The van der Waals surface area contributed by atoms with Crippen molar-refractivity contribution < 1.29 is 9.53 Å². The first-order valence-corrected chi connectivity index (χ1v) is 4.72. The minimum Gasteiger partial charge on any atom is -0.466 e. The number of allylic oxidation sites excluding steroid dienone is 3. The zero-order chi connectivity index (χ0) is 9.94. The van der Waals surface area contributed by atoms with E-state index in [0.717, 1.165) is 6.42 Å². The Balaban J connectivity index is 3.40. The summed E-state index contributed by atoms with van der Waals surface area (Å²) in [6, 6.07) is 0. The summed E-state index contributed by atoms with van der Waals surface area (Å²) in [5.41, 5.74) is 0. The first-order valence-electron chi connectivity index (χ1n) is 4.72. The standard InChI is InChI=1S/C11H18O2/c1-3-4-5-6-7-8-9-10-11(12)13-2/h7-10H,3-6H2,1-2H3/b8-7-,10-9+. The summed E-state index contributed by atoms with van der Waals surface area (Å²) in [4.78, 5) is 10.6. The molecular weight excluding hydrogens is 164 g/mol. The van der Waals surface area contributed by atoms with Gasteiger partial charge in [0.1, 0.15) is 0 Å². The van der Waals surface area contributed by atoms with Crippen molar-refractivity contribution in [2.24, 2.45) is 0 Å².